The fourth-order valence-electron chi connectivity index (χ4n) is 3.74. The van der Waals surface area contributed by atoms with Crippen LogP contribution in [-0.2, 0) is 4.84 Å². The topological polar surface area (TPSA) is 82.6 Å². The Kier molecular flexibility index (Phi) is 4.37. The van der Waals surface area contributed by atoms with Gasteiger partial charge in [-0.15, -0.1) is 0 Å². The van der Waals surface area contributed by atoms with Crippen molar-refractivity contribution in [1.29, 1.82) is 0 Å². The van der Waals surface area contributed by atoms with E-state index in [1.165, 1.54) is 0 Å². The lowest BCUT2D eigenvalue weighted by Gasteiger charge is -2.35. The maximum atomic E-state index is 12.9. The maximum Gasteiger partial charge on any atom is 0.271 e. The van der Waals surface area contributed by atoms with Gasteiger partial charge in [0.15, 0.2) is 11.6 Å². The Morgan fingerprint density at radius 2 is 1.62 bits per heavy atom. The number of piperidine rings is 1. The molecule has 3 aromatic rings. The first-order valence-corrected chi connectivity index (χ1v) is 9.72. The van der Waals surface area contributed by atoms with E-state index < -0.39 is 5.72 Å². The van der Waals surface area contributed by atoms with Gasteiger partial charge in [0.1, 0.15) is 5.69 Å². The number of aromatic amines is 1. The number of carbonyl (C=O) groups is 1. The van der Waals surface area contributed by atoms with Crippen LogP contribution in [0.25, 0.3) is 11.3 Å². The molecule has 1 amide bonds. The highest BCUT2D eigenvalue weighted by Gasteiger charge is 2.41. The number of hydrogen-bond acceptors (Lipinski definition) is 5. The van der Waals surface area contributed by atoms with Crippen LogP contribution in [0.1, 0.15) is 28.9 Å². The number of rotatable bonds is 3. The molecule has 1 saturated heterocycles. The molecule has 2 N–H and O–H groups in total. The molecule has 7 heteroatoms. The van der Waals surface area contributed by atoms with E-state index in [1.54, 1.807) is 6.07 Å². The number of hydroxylamine groups is 1. The summed E-state index contributed by atoms with van der Waals surface area (Å²) in [5.41, 5.74) is 5.59. The molecule has 0 bridgehead atoms. The molecule has 1 aromatic heterocycles. The minimum absolute atomic E-state index is 0.0484. The zero-order valence-electron chi connectivity index (χ0n) is 15.8. The van der Waals surface area contributed by atoms with Gasteiger partial charge >= 0.3 is 0 Å². The van der Waals surface area contributed by atoms with Crippen LogP contribution in [0.5, 0.6) is 0 Å². The molecule has 1 spiro atoms. The number of nitrogens with zero attached hydrogens (tertiary/aromatic N) is 3. The van der Waals surface area contributed by atoms with Crippen molar-refractivity contribution in [3.05, 3.63) is 78.0 Å². The van der Waals surface area contributed by atoms with E-state index in [0.29, 0.717) is 31.6 Å². The smallest absolute Gasteiger partial charge is 0.271 e. The summed E-state index contributed by atoms with van der Waals surface area (Å²) in [6.45, 7) is 1.15. The van der Waals surface area contributed by atoms with Gasteiger partial charge in [0.25, 0.3) is 5.91 Å². The lowest BCUT2D eigenvalue weighted by Crippen LogP contribution is -2.46. The Morgan fingerprint density at radius 3 is 2.31 bits per heavy atom. The highest BCUT2D eigenvalue weighted by Crippen LogP contribution is 2.31. The lowest BCUT2D eigenvalue weighted by molar-refractivity contribution is -0.0850. The number of amides is 1. The molecule has 0 unspecified atom stereocenters. The third-order valence-electron chi connectivity index (χ3n) is 5.41. The second kappa shape index (κ2) is 7.18. The van der Waals surface area contributed by atoms with Crippen molar-refractivity contribution in [2.75, 3.05) is 13.1 Å². The third-order valence-corrected chi connectivity index (χ3v) is 5.41. The van der Waals surface area contributed by atoms with E-state index in [4.69, 9.17) is 9.83 Å². The molecule has 0 aliphatic carbocycles. The Bertz CT molecular complexity index is 1040. The normalized spacial score (nSPS) is 17.8. The molecule has 2 aliphatic rings. The molecule has 2 aromatic carbocycles. The molecular formula is C22H21N5O2. The Hall–Kier alpha value is -3.45. The van der Waals surface area contributed by atoms with Crippen molar-refractivity contribution in [3.63, 3.8) is 0 Å². The van der Waals surface area contributed by atoms with Crippen LogP contribution < -0.4 is 5.48 Å². The second-order valence-corrected chi connectivity index (χ2v) is 7.30. The van der Waals surface area contributed by atoms with Gasteiger partial charge in [-0.25, -0.2) is 15.3 Å². The van der Waals surface area contributed by atoms with Crippen LogP contribution in [0.2, 0.25) is 0 Å². The number of amidine groups is 1. The van der Waals surface area contributed by atoms with E-state index in [-0.39, 0.29) is 5.91 Å². The lowest BCUT2D eigenvalue weighted by atomic mass is 10.0. The summed E-state index contributed by atoms with van der Waals surface area (Å²) < 4.78 is 0. The summed E-state index contributed by atoms with van der Waals surface area (Å²) >= 11 is 0. The highest BCUT2D eigenvalue weighted by molar-refractivity contribution is 5.99. The first-order valence-electron chi connectivity index (χ1n) is 9.72. The van der Waals surface area contributed by atoms with Crippen LogP contribution >= 0.6 is 0 Å². The molecule has 29 heavy (non-hydrogen) atoms. The summed E-state index contributed by atoms with van der Waals surface area (Å²) in [5, 5.41) is 7.17. The summed E-state index contributed by atoms with van der Waals surface area (Å²) in [6, 6.07) is 21.5. The summed E-state index contributed by atoms with van der Waals surface area (Å²) in [7, 11) is 0. The van der Waals surface area contributed by atoms with Crippen molar-refractivity contribution in [2.24, 2.45) is 4.99 Å². The fraction of sp³-hybridized carbons (Fsp3) is 0.227. The number of aliphatic imine (C=N–C) groups is 1. The molecule has 7 nitrogen and oxygen atoms in total. The number of carbonyl (C=O) groups excluding carboxylic acids is 1. The third kappa shape index (κ3) is 3.40. The summed E-state index contributed by atoms with van der Waals surface area (Å²) in [6.07, 6.45) is 1.28. The largest absolute Gasteiger partial charge is 0.337 e. The number of H-pyrrole nitrogens is 1. The zero-order valence-corrected chi connectivity index (χ0v) is 15.8. The van der Waals surface area contributed by atoms with Crippen LogP contribution in [0, 0.1) is 0 Å². The fourth-order valence-corrected chi connectivity index (χ4v) is 3.74. The Morgan fingerprint density at radius 1 is 0.966 bits per heavy atom. The number of benzene rings is 2. The van der Waals surface area contributed by atoms with Crippen molar-refractivity contribution < 1.29 is 9.63 Å². The monoisotopic (exact) mass is 387 g/mol. The van der Waals surface area contributed by atoms with Crippen molar-refractivity contribution in [2.45, 2.75) is 18.6 Å². The molecule has 5 rings (SSSR count). The molecule has 0 radical (unpaired) electrons. The van der Waals surface area contributed by atoms with Gasteiger partial charge in [-0.1, -0.05) is 60.7 Å². The molecule has 3 heterocycles. The zero-order chi connectivity index (χ0) is 19.7. The second-order valence-electron chi connectivity index (χ2n) is 7.30. The van der Waals surface area contributed by atoms with Gasteiger partial charge in [-0.05, 0) is 6.07 Å². The van der Waals surface area contributed by atoms with E-state index >= 15 is 0 Å². The minimum Gasteiger partial charge on any atom is -0.337 e. The van der Waals surface area contributed by atoms with E-state index in [0.717, 1.165) is 22.7 Å². The van der Waals surface area contributed by atoms with Crippen LogP contribution in [0.15, 0.2) is 71.7 Å². The molecule has 2 aliphatic heterocycles. The van der Waals surface area contributed by atoms with Crippen molar-refractivity contribution in [3.8, 4) is 11.3 Å². The number of likely N-dealkylation sites (tertiary alicyclic amines) is 1. The first kappa shape index (κ1) is 17.6. The number of aromatic nitrogens is 2. The predicted octanol–water partition coefficient (Wildman–Crippen LogP) is 2.99. The average Bonchev–Trinajstić information content (AvgIpc) is 3.43. The predicted molar refractivity (Wildman–Crippen MR) is 109 cm³/mol. The first-order chi connectivity index (χ1) is 14.2. The van der Waals surface area contributed by atoms with Gasteiger partial charge in [0.2, 0.25) is 0 Å². The van der Waals surface area contributed by atoms with E-state index in [1.807, 2.05) is 65.6 Å². The summed E-state index contributed by atoms with van der Waals surface area (Å²) in [4.78, 5) is 25.3. The minimum atomic E-state index is -0.606. The Labute approximate surface area is 168 Å². The Balaban J connectivity index is 1.26. The molecule has 1 fully saturated rings. The molecular weight excluding hydrogens is 366 g/mol. The van der Waals surface area contributed by atoms with Crippen LogP contribution in [0.3, 0.4) is 0 Å². The van der Waals surface area contributed by atoms with Gasteiger partial charge < -0.3 is 4.90 Å². The maximum absolute atomic E-state index is 12.9. The van der Waals surface area contributed by atoms with Crippen molar-refractivity contribution in [1.82, 2.24) is 20.6 Å². The van der Waals surface area contributed by atoms with Crippen LogP contribution in [0.4, 0.5) is 0 Å². The highest BCUT2D eigenvalue weighted by atomic mass is 16.7. The van der Waals surface area contributed by atoms with Gasteiger partial charge in [-0.2, -0.15) is 5.10 Å². The van der Waals surface area contributed by atoms with Gasteiger partial charge in [-0.3, -0.25) is 9.89 Å². The van der Waals surface area contributed by atoms with Gasteiger partial charge in [0.05, 0.1) is 5.69 Å². The average molecular weight is 387 g/mol. The number of hydrogen-bond donors (Lipinski definition) is 2. The number of nitrogens with one attached hydrogen (secondary N) is 2. The molecule has 146 valence electrons. The SMILES string of the molecule is O=C(c1cc(-c2ccccc2)n[nH]1)N1CCC2(CC1)N=C(c1ccccc1)NO2. The quantitative estimate of drug-likeness (QED) is 0.724. The van der Waals surface area contributed by atoms with E-state index in [2.05, 4.69) is 15.7 Å². The van der Waals surface area contributed by atoms with Gasteiger partial charge in [0, 0.05) is 37.1 Å². The molecule has 0 saturated carbocycles. The summed E-state index contributed by atoms with van der Waals surface area (Å²) in [5.74, 6) is 0.694. The van der Waals surface area contributed by atoms with E-state index in [9.17, 15) is 4.79 Å². The van der Waals surface area contributed by atoms with Crippen molar-refractivity contribution >= 4 is 11.7 Å². The molecule has 0 atom stereocenters. The van der Waals surface area contributed by atoms with Crippen LogP contribution in [-0.4, -0.2) is 45.7 Å². The standard InChI is InChI=1S/C22H21N5O2/c28-21(19-15-18(24-25-19)16-7-3-1-4-8-16)27-13-11-22(12-14-27)23-20(26-29-22)17-9-5-2-6-10-17/h1-10,15H,11-14H2,(H,23,26)(H,24,25).